The van der Waals surface area contributed by atoms with Crippen LogP contribution in [0.2, 0.25) is 0 Å². The zero-order valence-electron chi connectivity index (χ0n) is 35.8. The Kier molecular flexibility index (Phi) is 26.3. The van der Waals surface area contributed by atoms with Gasteiger partial charge >= 0.3 is 35.9 Å². The van der Waals surface area contributed by atoms with Crippen molar-refractivity contribution in [3.8, 4) is 0 Å². The maximum Gasteiger partial charge on any atom is 0.326 e. The SMILES string of the molecule is O=C(O)CC[C@H](NC(=O)N[C@@H](CCCCN(Cc1ccc(I)cc1)C(=O)CCCCNC(=O)CN1CCN(CC(=O)O)CCN(CC(=O)O)CCN(CC(O)O)CC1)C(=O)O)C(=O)O. The Morgan fingerprint density at radius 1 is 0.609 bits per heavy atom. The van der Waals surface area contributed by atoms with Crippen LogP contribution in [0.3, 0.4) is 0 Å². The van der Waals surface area contributed by atoms with Crippen LogP contribution >= 0.6 is 22.6 Å². The van der Waals surface area contributed by atoms with E-state index in [1.807, 2.05) is 29.2 Å². The summed E-state index contributed by atoms with van der Waals surface area (Å²) in [5.41, 5.74) is 0.877. The van der Waals surface area contributed by atoms with Crippen LogP contribution in [0.25, 0.3) is 0 Å². The maximum absolute atomic E-state index is 13.5. The highest BCUT2D eigenvalue weighted by Gasteiger charge is 2.26. The number of carboxylic acid groups (broad SMARTS) is 5. The quantitative estimate of drug-likeness (QED) is 0.0283. The van der Waals surface area contributed by atoms with E-state index in [1.165, 1.54) is 0 Å². The highest BCUT2D eigenvalue weighted by molar-refractivity contribution is 14.1. The Morgan fingerprint density at radius 3 is 1.59 bits per heavy atom. The minimum absolute atomic E-state index is 0.0249. The highest BCUT2D eigenvalue weighted by Crippen LogP contribution is 2.14. The fourth-order valence-corrected chi connectivity index (χ4v) is 7.15. The van der Waals surface area contributed by atoms with Crippen LogP contribution in [0, 0.1) is 3.57 Å². The van der Waals surface area contributed by atoms with Crippen molar-refractivity contribution in [2.45, 2.75) is 76.3 Å². The number of unbranched alkanes of at least 4 members (excludes halogenated alkanes) is 2. The van der Waals surface area contributed by atoms with Crippen LogP contribution in [0.15, 0.2) is 24.3 Å². The van der Waals surface area contributed by atoms with Crippen molar-refractivity contribution in [2.75, 3.05) is 91.6 Å². The number of nitrogens with zero attached hydrogens (tertiary/aromatic N) is 5. The smallest absolute Gasteiger partial charge is 0.326 e. The molecule has 0 aliphatic carbocycles. The first-order chi connectivity index (χ1) is 30.3. The Labute approximate surface area is 384 Å². The van der Waals surface area contributed by atoms with Gasteiger partial charge in [-0.2, -0.15) is 0 Å². The van der Waals surface area contributed by atoms with E-state index in [-0.39, 0.29) is 96.5 Å². The van der Waals surface area contributed by atoms with Crippen molar-refractivity contribution in [3.63, 3.8) is 0 Å². The number of amides is 4. The van der Waals surface area contributed by atoms with Gasteiger partial charge in [-0.15, -0.1) is 0 Å². The number of carbonyl (C=O) groups excluding carboxylic acids is 3. The third kappa shape index (κ3) is 24.9. The lowest BCUT2D eigenvalue weighted by molar-refractivity contribution is -0.141. The Bertz CT molecular complexity index is 1670. The van der Waals surface area contributed by atoms with E-state index in [4.69, 9.17) is 5.11 Å². The molecule has 4 amide bonds. The molecular formula is C40H63IN8O15. The molecule has 1 saturated heterocycles. The average molecular weight is 1020 g/mol. The zero-order valence-corrected chi connectivity index (χ0v) is 38.0. The number of aliphatic hydroxyl groups is 2. The molecule has 1 heterocycles. The normalized spacial score (nSPS) is 15.8. The standard InChI is InChI=1S/C40H63IN8O15/c41-29-9-7-28(8-10-29)23-49(14-4-2-5-30(38(60)61)43-40(64)44-31(39(62)63)11-12-34(52)53)33(51)6-1-3-13-42-32(50)24-45-15-17-46(25-35(54)55)19-21-48(27-37(58)59)22-20-47(18-16-45)26-36(56)57/h7-10,30-31,35,54-55H,1-6,11-27H2,(H,42,50)(H,52,53)(H,56,57)(H,58,59)(H,60,61)(H,62,63)(H2,43,44,64)/t30-,31-/m0/s1. The van der Waals surface area contributed by atoms with E-state index in [0.29, 0.717) is 52.0 Å². The summed E-state index contributed by atoms with van der Waals surface area (Å²) in [6, 6.07) is 3.62. The van der Waals surface area contributed by atoms with Crippen LogP contribution < -0.4 is 16.0 Å². The maximum atomic E-state index is 13.5. The fourth-order valence-electron chi connectivity index (χ4n) is 6.79. The van der Waals surface area contributed by atoms with E-state index in [2.05, 4.69) is 38.5 Å². The topological polar surface area (TPSA) is 330 Å². The van der Waals surface area contributed by atoms with Crippen LogP contribution in [-0.2, 0) is 40.1 Å². The third-order valence-corrected chi connectivity index (χ3v) is 11.0. The van der Waals surface area contributed by atoms with Crippen molar-refractivity contribution in [1.29, 1.82) is 0 Å². The lowest BCUT2D eigenvalue weighted by atomic mass is 10.1. The number of halogens is 1. The van der Waals surface area contributed by atoms with Gasteiger partial charge in [0, 0.05) is 94.9 Å². The van der Waals surface area contributed by atoms with Crippen molar-refractivity contribution < 1.29 is 74.1 Å². The monoisotopic (exact) mass is 1020 g/mol. The van der Waals surface area contributed by atoms with E-state index >= 15 is 0 Å². The second-order valence-electron chi connectivity index (χ2n) is 15.5. The van der Waals surface area contributed by atoms with E-state index in [0.717, 1.165) is 9.13 Å². The largest absolute Gasteiger partial charge is 0.481 e. The molecule has 10 N–H and O–H groups in total. The molecule has 0 unspecified atom stereocenters. The Morgan fingerprint density at radius 2 is 1.11 bits per heavy atom. The van der Waals surface area contributed by atoms with Gasteiger partial charge in [0.15, 0.2) is 6.29 Å². The number of carboxylic acids is 5. The number of nitrogens with one attached hydrogen (secondary N) is 3. The number of hydrogen-bond donors (Lipinski definition) is 10. The molecule has 360 valence electrons. The molecule has 1 aromatic carbocycles. The first-order valence-electron chi connectivity index (χ1n) is 21.0. The number of carbonyl (C=O) groups is 8. The molecule has 64 heavy (non-hydrogen) atoms. The van der Waals surface area contributed by atoms with Gasteiger partial charge in [-0.05, 0) is 78.8 Å². The molecule has 23 nitrogen and oxygen atoms in total. The fraction of sp³-hybridized carbons (Fsp3) is 0.650. The van der Waals surface area contributed by atoms with Crippen molar-refractivity contribution in [2.24, 2.45) is 0 Å². The molecule has 0 radical (unpaired) electrons. The summed E-state index contributed by atoms with van der Waals surface area (Å²) in [6.45, 7) is 2.57. The number of urea groups is 1. The van der Waals surface area contributed by atoms with Gasteiger partial charge in [0.1, 0.15) is 12.1 Å². The Hall–Kier alpha value is -4.73. The van der Waals surface area contributed by atoms with Gasteiger partial charge in [0.05, 0.1) is 19.6 Å². The molecule has 1 aliphatic heterocycles. The van der Waals surface area contributed by atoms with Crippen LogP contribution in [-0.4, -0.2) is 218 Å². The summed E-state index contributed by atoms with van der Waals surface area (Å²) in [4.78, 5) is 105. The van der Waals surface area contributed by atoms with Crippen molar-refractivity contribution >= 4 is 70.3 Å². The van der Waals surface area contributed by atoms with Crippen LogP contribution in [0.4, 0.5) is 4.79 Å². The van der Waals surface area contributed by atoms with Crippen LogP contribution in [0.1, 0.15) is 56.9 Å². The summed E-state index contributed by atoms with van der Waals surface area (Å²) >= 11 is 2.17. The second-order valence-corrected chi connectivity index (χ2v) is 16.7. The molecule has 0 bridgehead atoms. The van der Waals surface area contributed by atoms with E-state index < -0.39 is 67.1 Å². The predicted octanol–water partition coefficient (Wildman–Crippen LogP) is -1.15. The number of β-amino-alcohol motifs (C(OH)–C–C–N with tert-alkyl or cyclic N) is 2. The van der Waals surface area contributed by atoms with Gasteiger partial charge in [-0.1, -0.05) is 12.1 Å². The summed E-state index contributed by atoms with van der Waals surface area (Å²) < 4.78 is 1.01. The molecule has 0 spiro atoms. The summed E-state index contributed by atoms with van der Waals surface area (Å²) in [7, 11) is 0. The minimum atomic E-state index is -1.63. The first-order valence-corrected chi connectivity index (χ1v) is 22.1. The van der Waals surface area contributed by atoms with Crippen molar-refractivity contribution in [1.82, 2.24) is 40.4 Å². The summed E-state index contributed by atoms with van der Waals surface area (Å²) in [6.07, 6.45) is -0.842. The molecule has 1 fully saturated rings. The number of aliphatic hydroxyl groups excluding tert-OH is 1. The number of aliphatic carboxylic acids is 5. The Balaban J connectivity index is 1.95. The van der Waals surface area contributed by atoms with Gasteiger partial charge in [-0.3, -0.25) is 43.6 Å². The van der Waals surface area contributed by atoms with E-state index in [1.54, 1.807) is 19.6 Å². The summed E-state index contributed by atoms with van der Waals surface area (Å²) in [5, 5.41) is 73.2. The lowest BCUT2D eigenvalue weighted by Crippen LogP contribution is -2.51. The van der Waals surface area contributed by atoms with Crippen molar-refractivity contribution in [3.05, 3.63) is 33.4 Å². The van der Waals surface area contributed by atoms with E-state index in [9.17, 15) is 69.0 Å². The first kappa shape index (κ1) is 55.4. The third-order valence-electron chi connectivity index (χ3n) is 10.2. The van der Waals surface area contributed by atoms with Gasteiger partial charge < -0.3 is 56.6 Å². The highest BCUT2D eigenvalue weighted by atomic mass is 127. The molecule has 2 atom stereocenters. The summed E-state index contributed by atoms with van der Waals surface area (Å²) in [5.74, 6) is -6.62. The molecule has 24 heteroatoms. The zero-order chi connectivity index (χ0) is 47.6. The molecular weight excluding hydrogens is 959 g/mol. The molecule has 2 rings (SSSR count). The lowest BCUT2D eigenvalue weighted by Gasteiger charge is -2.33. The molecule has 1 aliphatic rings. The van der Waals surface area contributed by atoms with Gasteiger partial charge in [0.2, 0.25) is 11.8 Å². The molecule has 0 aromatic heterocycles. The number of rotatable bonds is 27. The number of benzene rings is 1. The molecule has 1 aromatic rings. The number of hydrogen-bond acceptors (Lipinski definition) is 14. The van der Waals surface area contributed by atoms with Crippen LogP contribution in [0.5, 0.6) is 0 Å². The van der Waals surface area contributed by atoms with Gasteiger partial charge in [-0.25, -0.2) is 14.4 Å². The van der Waals surface area contributed by atoms with Gasteiger partial charge in [0.25, 0.3) is 0 Å². The molecule has 0 saturated carbocycles. The minimum Gasteiger partial charge on any atom is -0.481 e. The predicted molar refractivity (Wildman–Crippen MR) is 236 cm³/mol. The average Bonchev–Trinajstić information content (AvgIpc) is 3.20. The second kappa shape index (κ2) is 30.4.